The smallest absolute Gasteiger partial charge is 0.0639 e. The molecule has 2 unspecified atom stereocenters. The fourth-order valence-electron chi connectivity index (χ4n) is 1.73. The molecule has 0 radical (unpaired) electrons. The molecule has 14 heavy (non-hydrogen) atoms. The molecule has 1 aliphatic rings. The van der Waals surface area contributed by atoms with E-state index in [1.54, 1.807) is 6.20 Å². The lowest BCUT2D eigenvalue weighted by Crippen LogP contribution is -2.36. The van der Waals surface area contributed by atoms with Crippen LogP contribution in [-0.2, 0) is 0 Å². The molecule has 0 spiro atoms. The Labute approximate surface area is 89.7 Å². The molecule has 2 rings (SSSR count). The SMILES string of the molecule is Cc1c(Cl)cncc1NC1CCC1C. The Balaban J connectivity index is 2.12. The van der Waals surface area contributed by atoms with Crippen LogP contribution >= 0.6 is 11.6 Å². The van der Waals surface area contributed by atoms with Gasteiger partial charge in [0.25, 0.3) is 0 Å². The van der Waals surface area contributed by atoms with Gasteiger partial charge in [0.2, 0.25) is 0 Å². The predicted octanol–water partition coefficient (Wildman–Crippen LogP) is 3.25. The molecular formula is C11H15ClN2. The Bertz CT molecular complexity index is 338. The van der Waals surface area contributed by atoms with E-state index in [0.717, 1.165) is 22.2 Å². The van der Waals surface area contributed by atoms with Crippen molar-refractivity contribution in [2.45, 2.75) is 32.7 Å². The van der Waals surface area contributed by atoms with Gasteiger partial charge in [0, 0.05) is 12.2 Å². The maximum absolute atomic E-state index is 5.99. The Morgan fingerprint density at radius 2 is 2.21 bits per heavy atom. The second-order valence-electron chi connectivity index (χ2n) is 4.10. The van der Waals surface area contributed by atoms with Gasteiger partial charge < -0.3 is 5.32 Å². The summed E-state index contributed by atoms with van der Waals surface area (Å²) in [5, 5.41) is 4.23. The second kappa shape index (κ2) is 3.77. The zero-order valence-electron chi connectivity index (χ0n) is 8.55. The minimum absolute atomic E-state index is 0.606. The summed E-state index contributed by atoms with van der Waals surface area (Å²) in [6.07, 6.45) is 6.12. The highest BCUT2D eigenvalue weighted by Crippen LogP contribution is 2.31. The molecule has 1 aromatic rings. The molecule has 3 heteroatoms. The molecule has 1 aliphatic carbocycles. The number of hydrogen-bond acceptors (Lipinski definition) is 2. The van der Waals surface area contributed by atoms with Gasteiger partial charge in [-0.3, -0.25) is 4.98 Å². The zero-order valence-corrected chi connectivity index (χ0v) is 9.30. The van der Waals surface area contributed by atoms with Crippen LogP contribution in [0.2, 0.25) is 5.02 Å². The molecule has 0 aromatic carbocycles. The fraction of sp³-hybridized carbons (Fsp3) is 0.545. The highest BCUT2D eigenvalue weighted by Gasteiger charge is 2.26. The van der Waals surface area contributed by atoms with E-state index in [4.69, 9.17) is 11.6 Å². The van der Waals surface area contributed by atoms with Gasteiger partial charge in [-0.1, -0.05) is 18.5 Å². The van der Waals surface area contributed by atoms with Crippen LogP contribution < -0.4 is 5.32 Å². The molecule has 2 nitrogen and oxygen atoms in total. The summed E-state index contributed by atoms with van der Waals surface area (Å²) in [7, 11) is 0. The summed E-state index contributed by atoms with van der Waals surface area (Å²) in [4.78, 5) is 4.09. The summed E-state index contributed by atoms with van der Waals surface area (Å²) in [6.45, 7) is 4.30. The number of rotatable bonds is 2. The first kappa shape index (κ1) is 9.78. The fourth-order valence-corrected chi connectivity index (χ4v) is 1.88. The van der Waals surface area contributed by atoms with Gasteiger partial charge in [-0.25, -0.2) is 0 Å². The van der Waals surface area contributed by atoms with E-state index < -0.39 is 0 Å². The van der Waals surface area contributed by atoms with Gasteiger partial charge in [0.05, 0.1) is 16.9 Å². The molecule has 1 saturated carbocycles. The van der Waals surface area contributed by atoms with Crippen molar-refractivity contribution < 1.29 is 0 Å². The average Bonchev–Trinajstić information content (AvgIpc) is 2.18. The summed E-state index contributed by atoms with van der Waals surface area (Å²) < 4.78 is 0. The van der Waals surface area contributed by atoms with Gasteiger partial charge in [-0.05, 0) is 31.2 Å². The van der Waals surface area contributed by atoms with E-state index in [0.29, 0.717) is 6.04 Å². The van der Waals surface area contributed by atoms with E-state index in [9.17, 15) is 0 Å². The van der Waals surface area contributed by atoms with Crippen LogP contribution in [0, 0.1) is 12.8 Å². The largest absolute Gasteiger partial charge is 0.381 e. The molecule has 76 valence electrons. The quantitative estimate of drug-likeness (QED) is 0.811. The van der Waals surface area contributed by atoms with Gasteiger partial charge in [-0.15, -0.1) is 0 Å². The second-order valence-corrected chi connectivity index (χ2v) is 4.51. The number of anilines is 1. The molecule has 1 fully saturated rings. The number of pyridine rings is 1. The van der Waals surface area contributed by atoms with Crippen LogP contribution in [0.25, 0.3) is 0 Å². The van der Waals surface area contributed by atoms with Gasteiger partial charge in [-0.2, -0.15) is 0 Å². The van der Waals surface area contributed by atoms with Crippen LogP contribution in [-0.4, -0.2) is 11.0 Å². The van der Waals surface area contributed by atoms with Crippen LogP contribution in [0.3, 0.4) is 0 Å². The summed E-state index contributed by atoms with van der Waals surface area (Å²) in [5.74, 6) is 0.772. The van der Waals surface area contributed by atoms with Crippen molar-refractivity contribution in [3.8, 4) is 0 Å². The van der Waals surface area contributed by atoms with E-state index in [-0.39, 0.29) is 0 Å². The topological polar surface area (TPSA) is 24.9 Å². The van der Waals surface area contributed by atoms with Gasteiger partial charge >= 0.3 is 0 Å². The third-order valence-corrected chi connectivity index (χ3v) is 3.50. The van der Waals surface area contributed by atoms with Gasteiger partial charge in [0.15, 0.2) is 0 Å². The van der Waals surface area contributed by atoms with Crippen molar-refractivity contribution in [3.05, 3.63) is 23.0 Å². The highest BCUT2D eigenvalue weighted by molar-refractivity contribution is 6.31. The van der Waals surface area contributed by atoms with E-state index in [1.807, 2.05) is 13.1 Å². The zero-order chi connectivity index (χ0) is 10.1. The maximum Gasteiger partial charge on any atom is 0.0639 e. The number of halogens is 1. The summed E-state index contributed by atoms with van der Waals surface area (Å²) in [5.41, 5.74) is 2.18. The monoisotopic (exact) mass is 210 g/mol. The van der Waals surface area contributed by atoms with Crippen molar-refractivity contribution >= 4 is 17.3 Å². The molecule has 2 atom stereocenters. The Hall–Kier alpha value is -0.760. The van der Waals surface area contributed by atoms with Gasteiger partial charge in [0.1, 0.15) is 0 Å². The van der Waals surface area contributed by atoms with Crippen LogP contribution in [0.1, 0.15) is 25.3 Å². The van der Waals surface area contributed by atoms with Crippen LogP contribution in [0.5, 0.6) is 0 Å². The minimum atomic E-state index is 0.606. The third kappa shape index (κ3) is 1.71. The molecule has 1 heterocycles. The molecule has 1 aromatic heterocycles. The van der Waals surface area contributed by atoms with Crippen molar-refractivity contribution in [2.24, 2.45) is 5.92 Å². The van der Waals surface area contributed by atoms with Crippen molar-refractivity contribution in [1.82, 2.24) is 4.98 Å². The van der Waals surface area contributed by atoms with Crippen molar-refractivity contribution in [3.63, 3.8) is 0 Å². The van der Waals surface area contributed by atoms with E-state index in [2.05, 4.69) is 17.2 Å². The summed E-state index contributed by atoms with van der Waals surface area (Å²) >= 11 is 5.99. The number of nitrogens with zero attached hydrogens (tertiary/aromatic N) is 1. The molecule has 0 saturated heterocycles. The standard InChI is InChI=1S/C11H15ClN2/c1-7-3-4-10(7)14-11-6-13-5-9(12)8(11)2/h5-7,10,14H,3-4H2,1-2H3. The first-order chi connectivity index (χ1) is 6.68. The predicted molar refractivity (Wildman–Crippen MR) is 59.8 cm³/mol. The average molecular weight is 211 g/mol. The third-order valence-electron chi connectivity index (χ3n) is 3.11. The van der Waals surface area contributed by atoms with E-state index >= 15 is 0 Å². The van der Waals surface area contributed by atoms with Crippen molar-refractivity contribution in [1.29, 1.82) is 0 Å². The molecule has 0 amide bonds. The Kier molecular flexibility index (Phi) is 2.64. The lowest BCUT2D eigenvalue weighted by Gasteiger charge is -2.35. The number of nitrogens with one attached hydrogen (secondary N) is 1. The lowest BCUT2D eigenvalue weighted by molar-refractivity contribution is 0.303. The minimum Gasteiger partial charge on any atom is -0.381 e. The highest BCUT2D eigenvalue weighted by atomic mass is 35.5. The van der Waals surface area contributed by atoms with Crippen LogP contribution in [0.15, 0.2) is 12.4 Å². The Morgan fingerprint density at radius 1 is 1.43 bits per heavy atom. The molecule has 0 aliphatic heterocycles. The molecule has 0 bridgehead atoms. The lowest BCUT2D eigenvalue weighted by atomic mass is 9.81. The van der Waals surface area contributed by atoms with Crippen molar-refractivity contribution in [2.75, 3.05) is 5.32 Å². The maximum atomic E-state index is 5.99. The Morgan fingerprint density at radius 3 is 2.79 bits per heavy atom. The normalized spacial score (nSPS) is 25.6. The first-order valence-electron chi connectivity index (χ1n) is 5.05. The number of aromatic nitrogens is 1. The molecule has 1 N–H and O–H groups in total. The molecular weight excluding hydrogens is 196 g/mol. The van der Waals surface area contributed by atoms with E-state index in [1.165, 1.54) is 12.8 Å². The van der Waals surface area contributed by atoms with Crippen LogP contribution in [0.4, 0.5) is 5.69 Å². The summed E-state index contributed by atoms with van der Waals surface area (Å²) in [6, 6.07) is 0.606. The number of hydrogen-bond donors (Lipinski definition) is 1. The first-order valence-corrected chi connectivity index (χ1v) is 5.43.